The van der Waals surface area contributed by atoms with Crippen LogP contribution < -0.4 is 0 Å². The van der Waals surface area contributed by atoms with E-state index in [9.17, 15) is 0 Å². The molecule has 1 aromatic carbocycles. The van der Waals surface area contributed by atoms with Crippen molar-refractivity contribution in [2.24, 2.45) is 0 Å². The summed E-state index contributed by atoms with van der Waals surface area (Å²) in [6, 6.07) is 4.40. The summed E-state index contributed by atoms with van der Waals surface area (Å²) in [6.45, 7) is 2.87. The standard InChI is InChI=1S/C12H11BrI2O/c1-7-2-3-11(16-6-7)8-4-9(14)12(13)10(15)5-8/h2,4-5,11H,3,6H2,1H3. The summed E-state index contributed by atoms with van der Waals surface area (Å²) >= 11 is 8.29. The highest BCUT2D eigenvalue weighted by molar-refractivity contribution is 14.1. The van der Waals surface area contributed by atoms with Crippen LogP contribution in [0.1, 0.15) is 25.0 Å². The van der Waals surface area contributed by atoms with Gasteiger partial charge < -0.3 is 4.74 Å². The molecule has 86 valence electrons. The summed E-state index contributed by atoms with van der Waals surface area (Å²) in [5, 5.41) is 0. The van der Waals surface area contributed by atoms with Crippen molar-refractivity contribution < 1.29 is 4.74 Å². The maximum atomic E-state index is 5.84. The lowest BCUT2D eigenvalue weighted by Crippen LogP contribution is -2.11. The van der Waals surface area contributed by atoms with Crippen LogP contribution in [-0.4, -0.2) is 6.61 Å². The van der Waals surface area contributed by atoms with Crippen molar-refractivity contribution in [3.8, 4) is 0 Å². The Kier molecular flexibility index (Phi) is 4.71. The van der Waals surface area contributed by atoms with Crippen molar-refractivity contribution in [2.45, 2.75) is 19.4 Å². The lowest BCUT2D eigenvalue weighted by Gasteiger charge is -2.22. The van der Waals surface area contributed by atoms with Crippen LogP contribution in [0, 0.1) is 7.14 Å². The van der Waals surface area contributed by atoms with Crippen LogP contribution in [-0.2, 0) is 4.74 Å². The Morgan fingerprint density at radius 2 is 1.94 bits per heavy atom. The van der Waals surface area contributed by atoms with Crippen LogP contribution in [0.25, 0.3) is 0 Å². The predicted molar refractivity (Wildman–Crippen MR) is 86.6 cm³/mol. The maximum Gasteiger partial charge on any atom is 0.0864 e. The van der Waals surface area contributed by atoms with Crippen LogP contribution >= 0.6 is 61.1 Å². The van der Waals surface area contributed by atoms with Gasteiger partial charge in [-0.15, -0.1) is 0 Å². The summed E-state index contributed by atoms with van der Waals surface area (Å²) < 4.78 is 9.51. The molecule has 1 aromatic rings. The third kappa shape index (κ3) is 3.00. The van der Waals surface area contributed by atoms with Gasteiger partial charge in [-0.25, -0.2) is 0 Å². The summed E-state index contributed by atoms with van der Waals surface area (Å²) in [4.78, 5) is 0. The zero-order chi connectivity index (χ0) is 11.7. The molecule has 1 aliphatic heterocycles. The number of hydrogen-bond donors (Lipinski definition) is 0. The minimum absolute atomic E-state index is 0.221. The highest BCUT2D eigenvalue weighted by Crippen LogP contribution is 2.33. The van der Waals surface area contributed by atoms with Gasteiger partial charge in [0.2, 0.25) is 0 Å². The first-order valence-corrected chi connectivity index (χ1v) is 7.94. The molecule has 1 aliphatic rings. The Hall–Kier alpha value is 0.860. The van der Waals surface area contributed by atoms with Gasteiger partial charge in [0.25, 0.3) is 0 Å². The van der Waals surface area contributed by atoms with Gasteiger partial charge in [-0.3, -0.25) is 0 Å². The van der Waals surface area contributed by atoms with Gasteiger partial charge in [-0.2, -0.15) is 0 Å². The van der Waals surface area contributed by atoms with Gasteiger partial charge in [0.15, 0.2) is 0 Å². The zero-order valence-corrected chi connectivity index (χ0v) is 14.7. The highest BCUT2D eigenvalue weighted by Gasteiger charge is 2.17. The molecule has 0 saturated carbocycles. The summed E-state index contributed by atoms with van der Waals surface area (Å²) in [6.07, 6.45) is 3.48. The lowest BCUT2D eigenvalue weighted by atomic mass is 10.0. The number of benzene rings is 1. The Morgan fingerprint density at radius 3 is 2.44 bits per heavy atom. The first-order valence-electron chi connectivity index (χ1n) is 4.99. The number of halogens is 3. The second kappa shape index (κ2) is 5.67. The minimum atomic E-state index is 0.221. The van der Waals surface area contributed by atoms with E-state index in [1.807, 2.05) is 0 Å². The molecule has 1 atom stereocenters. The highest BCUT2D eigenvalue weighted by atomic mass is 127. The molecule has 0 amide bonds. The second-order valence-corrected chi connectivity index (χ2v) is 7.00. The molecule has 2 rings (SSSR count). The summed E-state index contributed by atoms with van der Waals surface area (Å²) in [5.41, 5.74) is 2.61. The maximum absolute atomic E-state index is 5.84. The molecule has 0 bridgehead atoms. The molecule has 0 radical (unpaired) electrons. The van der Waals surface area contributed by atoms with E-state index in [0.717, 1.165) is 13.0 Å². The molecule has 0 fully saturated rings. The van der Waals surface area contributed by atoms with E-state index in [2.05, 4.69) is 86.2 Å². The minimum Gasteiger partial charge on any atom is -0.369 e. The second-order valence-electron chi connectivity index (χ2n) is 3.88. The van der Waals surface area contributed by atoms with Gasteiger partial charge in [0, 0.05) is 11.6 Å². The third-order valence-electron chi connectivity index (χ3n) is 2.57. The smallest absolute Gasteiger partial charge is 0.0864 e. The molecule has 1 unspecified atom stereocenters. The van der Waals surface area contributed by atoms with Crippen molar-refractivity contribution >= 4 is 61.1 Å². The Labute approximate surface area is 131 Å². The number of hydrogen-bond acceptors (Lipinski definition) is 1. The molecule has 16 heavy (non-hydrogen) atoms. The monoisotopic (exact) mass is 504 g/mol. The van der Waals surface area contributed by atoms with E-state index in [1.54, 1.807) is 0 Å². The van der Waals surface area contributed by atoms with Gasteiger partial charge >= 0.3 is 0 Å². The van der Waals surface area contributed by atoms with Crippen molar-refractivity contribution in [1.82, 2.24) is 0 Å². The average Bonchev–Trinajstić information content (AvgIpc) is 2.26. The zero-order valence-electron chi connectivity index (χ0n) is 8.77. The molecule has 0 aliphatic carbocycles. The van der Waals surface area contributed by atoms with Crippen molar-refractivity contribution in [3.63, 3.8) is 0 Å². The molecular weight excluding hydrogens is 494 g/mol. The third-order valence-corrected chi connectivity index (χ3v) is 6.61. The first kappa shape index (κ1) is 13.3. The topological polar surface area (TPSA) is 9.23 Å². The number of ether oxygens (including phenoxy) is 1. The van der Waals surface area contributed by atoms with E-state index in [0.29, 0.717) is 0 Å². The van der Waals surface area contributed by atoms with Crippen molar-refractivity contribution in [2.75, 3.05) is 6.61 Å². The molecule has 1 heterocycles. The fraction of sp³-hybridized carbons (Fsp3) is 0.333. The molecule has 0 aromatic heterocycles. The van der Waals surface area contributed by atoms with Crippen molar-refractivity contribution in [3.05, 3.63) is 41.0 Å². The quantitative estimate of drug-likeness (QED) is 0.295. The van der Waals surface area contributed by atoms with Gasteiger partial charge in [-0.1, -0.05) is 11.6 Å². The fourth-order valence-corrected chi connectivity index (χ4v) is 3.71. The molecule has 0 N–H and O–H groups in total. The van der Waals surface area contributed by atoms with E-state index in [1.165, 1.54) is 22.7 Å². The Balaban J connectivity index is 2.28. The van der Waals surface area contributed by atoms with Crippen LogP contribution in [0.3, 0.4) is 0 Å². The first-order chi connectivity index (χ1) is 7.58. The largest absolute Gasteiger partial charge is 0.369 e. The summed E-state index contributed by atoms with van der Waals surface area (Å²) in [7, 11) is 0. The number of rotatable bonds is 1. The van der Waals surface area contributed by atoms with Crippen LogP contribution in [0.4, 0.5) is 0 Å². The summed E-state index contributed by atoms with van der Waals surface area (Å²) in [5.74, 6) is 0. The average molecular weight is 505 g/mol. The van der Waals surface area contributed by atoms with E-state index in [-0.39, 0.29) is 6.10 Å². The molecule has 1 nitrogen and oxygen atoms in total. The Morgan fingerprint density at radius 1 is 1.31 bits per heavy atom. The van der Waals surface area contributed by atoms with Crippen LogP contribution in [0.15, 0.2) is 28.3 Å². The van der Waals surface area contributed by atoms with E-state index >= 15 is 0 Å². The van der Waals surface area contributed by atoms with Gasteiger partial charge in [0.1, 0.15) is 0 Å². The van der Waals surface area contributed by atoms with Gasteiger partial charge in [-0.05, 0) is 92.2 Å². The predicted octanol–water partition coefficient (Wildman–Crippen LogP) is 5.07. The van der Waals surface area contributed by atoms with Gasteiger partial charge in [0.05, 0.1) is 12.7 Å². The van der Waals surface area contributed by atoms with Crippen molar-refractivity contribution in [1.29, 1.82) is 0 Å². The van der Waals surface area contributed by atoms with E-state index in [4.69, 9.17) is 4.74 Å². The molecular formula is C12H11BrI2O. The van der Waals surface area contributed by atoms with Crippen LogP contribution in [0.2, 0.25) is 0 Å². The lowest BCUT2D eigenvalue weighted by molar-refractivity contribution is 0.0616. The molecule has 0 spiro atoms. The molecule has 4 heteroatoms. The normalized spacial score (nSPS) is 20.8. The fourth-order valence-electron chi connectivity index (χ4n) is 1.66. The Bertz CT molecular complexity index is 420. The molecule has 0 saturated heterocycles. The van der Waals surface area contributed by atoms with Crippen LogP contribution in [0.5, 0.6) is 0 Å². The SMILES string of the molecule is CC1=CCC(c2cc(I)c(Br)c(I)c2)OC1. The van der Waals surface area contributed by atoms with E-state index < -0.39 is 0 Å².